The second-order valence-electron chi connectivity index (χ2n) is 5.47. The minimum atomic E-state index is -0.164. The monoisotopic (exact) mass is 290 g/mol. The molecule has 20 heavy (non-hydrogen) atoms. The highest BCUT2D eigenvalue weighted by Crippen LogP contribution is 2.26. The number of nitrogens with one attached hydrogen (secondary N) is 1. The second kappa shape index (κ2) is 5.63. The maximum Gasteiger partial charge on any atom is 0.257 e. The molecule has 2 rings (SSSR count). The Balaban J connectivity index is 2.09. The number of amides is 1. The van der Waals surface area contributed by atoms with Gasteiger partial charge in [-0.2, -0.15) is 0 Å². The fourth-order valence-corrected chi connectivity index (χ4v) is 2.52. The molecule has 0 aliphatic heterocycles. The molecule has 2 aromatic rings. The average Bonchev–Trinajstić information content (AvgIpc) is 2.87. The Morgan fingerprint density at radius 2 is 1.90 bits per heavy atom. The summed E-state index contributed by atoms with van der Waals surface area (Å²) >= 11 is 1.44. The molecule has 1 heterocycles. The van der Waals surface area contributed by atoms with E-state index in [1.807, 2.05) is 5.38 Å². The van der Waals surface area contributed by atoms with Gasteiger partial charge in [0, 0.05) is 16.4 Å². The number of carbonyl (C=O) groups excluding carboxylic acids is 1. The highest BCUT2D eigenvalue weighted by Gasteiger charge is 2.18. The van der Waals surface area contributed by atoms with E-state index < -0.39 is 0 Å². The molecule has 0 fully saturated rings. The van der Waals surface area contributed by atoms with Gasteiger partial charge >= 0.3 is 0 Å². The summed E-state index contributed by atoms with van der Waals surface area (Å²) in [6.45, 7) is 6.28. The molecule has 4 nitrogen and oxygen atoms in total. The van der Waals surface area contributed by atoms with E-state index in [-0.39, 0.29) is 11.3 Å². The second-order valence-corrected chi connectivity index (χ2v) is 6.33. The van der Waals surface area contributed by atoms with Crippen molar-refractivity contribution in [3.63, 3.8) is 0 Å². The van der Waals surface area contributed by atoms with Gasteiger partial charge in [0.25, 0.3) is 5.91 Å². The standard InChI is InChI=1S/C15H18N2O2S/c1-15(2,3)12-9-20-14(16-12)17-13(18)10-5-7-11(19-4)8-6-10/h5-9H,1-4H3,(H,16,17,18). The molecule has 5 heteroatoms. The zero-order chi connectivity index (χ0) is 14.8. The van der Waals surface area contributed by atoms with E-state index in [0.29, 0.717) is 10.7 Å². The number of nitrogens with zero attached hydrogens (tertiary/aromatic N) is 1. The maximum atomic E-state index is 12.1. The fraction of sp³-hybridized carbons (Fsp3) is 0.333. The molecule has 0 unspecified atom stereocenters. The van der Waals surface area contributed by atoms with Gasteiger partial charge in [0.05, 0.1) is 12.8 Å². The average molecular weight is 290 g/mol. The number of hydrogen-bond donors (Lipinski definition) is 1. The van der Waals surface area contributed by atoms with Gasteiger partial charge in [-0.3, -0.25) is 10.1 Å². The first-order valence-corrected chi connectivity index (χ1v) is 7.19. The van der Waals surface area contributed by atoms with Crippen LogP contribution in [0, 0.1) is 0 Å². The van der Waals surface area contributed by atoms with Crippen LogP contribution < -0.4 is 10.1 Å². The van der Waals surface area contributed by atoms with Gasteiger partial charge in [-0.1, -0.05) is 20.8 Å². The van der Waals surface area contributed by atoms with Crippen molar-refractivity contribution >= 4 is 22.4 Å². The van der Waals surface area contributed by atoms with Crippen LogP contribution in [0.25, 0.3) is 0 Å². The Labute approximate surface area is 122 Å². The topological polar surface area (TPSA) is 51.2 Å². The van der Waals surface area contributed by atoms with E-state index in [4.69, 9.17) is 4.74 Å². The van der Waals surface area contributed by atoms with Crippen LogP contribution in [0.15, 0.2) is 29.6 Å². The number of rotatable bonds is 3. The first kappa shape index (κ1) is 14.5. The third-order valence-corrected chi connectivity index (χ3v) is 3.60. The lowest BCUT2D eigenvalue weighted by Crippen LogP contribution is -2.14. The van der Waals surface area contributed by atoms with E-state index in [0.717, 1.165) is 11.4 Å². The van der Waals surface area contributed by atoms with Gasteiger partial charge in [-0.05, 0) is 24.3 Å². The molecule has 1 amide bonds. The molecule has 0 aliphatic carbocycles. The molecule has 0 saturated heterocycles. The molecule has 106 valence electrons. The van der Waals surface area contributed by atoms with Gasteiger partial charge in [-0.25, -0.2) is 4.98 Å². The summed E-state index contributed by atoms with van der Waals surface area (Å²) in [4.78, 5) is 16.5. The summed E-state index contributed by atoms with van der Waals surface area (Å²) in [5, 5.41) is 5.41. The van der Waals surface area contributed by atoms with Crippen molar-refractivity contribution in [1.82, 2.24) is 4.98 Å². The Morgan fingerprint density at radius 1 is 1.25 bits per heavy atom. The van der Waals surface area contributed by atoms with E-state index in [9.17, 15) is 4.79 Å². The summed E-state index contributed by atoms with van der Waals surface area (Å²) < 4.78 is 5.07. The molecular formula is C15H18N2O2S. The summed E-state index contributed by atoms with van der Waals surface area (Å²) in [5.41, 5.74) is 1.55. The van der Waals surface area contributed by atoms with Crippen molar-refractivity contribution < 1.29 is 9.53 Å². The molecule has 1 N–H and O–H groups in total. The zero-order valence-corrected chi connectivity index (χ0v) is 12.9. The van der Waals surface area contributed by atoms with Crippen molar-refractivity contribution in [2.45, 2.75) is 26.2 Å². The van der Waals surface area contributed by atoms with Crippen molar-refractivity contribution in [2.75, 3.05) is 12.4 Å². The minimum Gasteiger partial charge on any atom is -0.497 e. The summed E-state index contributed by atoms with van der Waals surface area (Å²) in [5.74, 6) is 0.563. The highest BCUT2D eigenvalue weighted by atomic mass is 32.1. The van der Waals surface area contributed by atoms with Gasteiger partial charge in [-0.15, -0.1) is 11.3 Å². The molecule has 0 bridgehead atoms. The third kappa shape index (κ3) is 3.36. The first-order chi connectivity index (χ1) is 9.40. The lowest BCUT2D eigenvalue weighted by molar-refractivity contribution is 0.102. The predicted molar refractivity (Wildman–Crippen MR) is 81.8 cm³/mol. The number of carbonyl (C=O) groups is 1. The number of aromatic nitrogens is 1. The van der Waals surface area contributed by atoms with E-state index in [2.05, 4.69) is 31.1 Å². The smallest absolute Gasteiger partial charge is 0.257 e. The van der Waals surface area contributed by atoms with E-state index in [1.165, 1.54) is 11.3 Å². The van der Waals surface area contributed by atoms with Gasteiger partial charge in [0.1, 0.15) is 5.75 Å². The van der Waals surface area contributed by atoms with Gasteiger partial charge < -0.3 is 4.74 Å². The van der Waals surface area contributed by atoms with Gasteiger partial charge in [0.2, 0.25) is 0 Å². The Bertz CT molecular complexity index is 597. The zero-order valence-electron chi connectivity index (χ0n) is 12.1. The van der Waals surface area contributed by atoms with Crippen LogP contribution in [-0.4, -0.2) is 18.0 Å². The number of hydrogen-bond acceptors (Lipinski definition) is 4. The van der Waals surface area contributed by atoms with Crippen LogP contribution in [0.2, 0.25) is 0 Å². The Hall–Kier alpha value is -1.88. The van der Waals surface area contributed by atoms with Crippen molar-refractivity contribution in [3.8, 4) is 5.75 Å². The predicted octanol–water partition coefficient (Wildman–Crippen LogP) is 3.70. The number of thiazole rings is 1. The largest absolute Gasteiger partial charge is 0.497 e. The molecule has 0 atom stereocenters. The quantitative estimate of drug-likeness (QED) is 0.937. The van der Waals surface area contributed by atoms with Crippen LogP contribution in [0.3, 0.4) is 0 Å². The SMILES string of the molecule is COc1ccc(C(=O)Nc2nc(C(C)(C)C)cs2)cc1. The van der Waals surface area contributed by atoms with Gasteiger partial charge in [0.15, 0.2) is 5.13 Å². The molecular weight excluding hydrogens is 272 g/mol. The van der Waals surface area contributed by atoms with Crippen LogP contribution in [0.5, 0.6) is 5.75 Å². The Kier molecular flexibility index (Phi) is 4.09. The third-order valence-electron chi connectivity index (χ3n) is 2.85. The summed E-state index contributed by atoms with van der Waals surface area (Å²) in [7, 11) is 1.60. The molecule has 0 aliphatic rings. The number of ether oxygens (including phenoxy) is 1. The molecule has 0 saturated carbocycles. The van der Waals surface area contributed by atoms with E-state index in [1.54, 1.807) is 31.4 Å². The summed E-state index contributed by atoms with van der Waals surface area (Å²) in [6.07, 6.45) is 0. The summed E-state index contributed by atoms with van der Waals surface area (Å²) in [6, 6.07) is 6.98. The van der Waals surface area contributed by atoms with E-state index >= 15 is 0 Å². The number of benzene rings is 1. The van der Waals surface area contributed by atoms with Crippen LogP contribution in [0.1, 0.15) is 36.8 Å². The molecule has 0 spiro atoms. The first-order valence-electron chi connectivity index (χ1n) is 6.31. The van der Waals surface area contributed by atoms with Crippen LogP contribution >= 0.6 is 11.3 Å². The molecule has 1 aromatic carbocycles. The van der Waals surface area contributed by atoms with Crippen LogP contribution in [-0.2, 0) is 5.41 Å². The lowest BCUT2D eigenvalue weighted by atomic mass is 9.93. The molecule has 0 radical (unpaired) electrons. The highest BCUT2D eigenvalue weighted by molar-refractivity contribution is 7.14. The number of anilines is 1. The normalized spacial score (nSPS) is 11.2. The lowest BCUT2D eigenvalue weighted by Gasteiger charge is -2.14. The van der Waals surface area contributed by atoms with Crippen molar-refractivity contribution in [3.05, 3.63) is 40.9 Å². The minimum absolute atomic E-state index is 0.0143. The van der Waals surface area contributed by atoms with Crippen molar-refractivity contribution in [1.29, 1.82) is 0 Å². The number of methoxy groups -OCH3 is 1. The maximum absolute atomic E-state index is 12.1. The molecule has 1 aromatic heterocycles. The van der Waals surface area contributed by atoms with Crippen LogP contribution in [0.4, 0.5) is 5.13 Å². The Morgan fingerprint density at radius 3 is 2.40 bits per heavy atom. The fourth-order valence-electron chi connectivity index (χ4n) is 1.59. The van der Waals surface area contributed by atoms with Crippen molar-refractivity contribution in [2.24, 2.45) is 0 Å².